The molecule has 4 nitrogen and oxygen atoms in total. The number of phenols is 1. The summed E-state index contributed by atoms with van der Waals surface area (Å²) < 4.78 is 4.55. The van der Waals surface area contributed by atoms with Crippen molar-refractivity contribution in [2.24, 2.45) is 0 Å². The van der Waals surface area contributed by atoms with Crippen LogP contribution in [0.1, 0.15) is 45.7 Å². The molecule has 1 aromatic rings. The quantitative estimate of drug-likeness (QED) is 0.807. The Labute approximate surface area is 128 Å². The van der Waals surface area contributed by atoms with Crippen LogP contribution in [0.2, 0.25) is 0 Å². The van der Waals surface area contributed by atoms with E-state index < -0.39 is 0 Å². The molecule has 0 radical (unpaired) electrons. The highest BCUT2D eigenvalue weighted by molar-refractivity contribution is 5.40. The van der Waals surface area contributed by atoms with E-state index in [0.29, 0.717) is 12.2 Å². The van der Waals surface area contributed by atoms with Gasteiger partial charge in [0.1, 0.15) is 11.4 Å². The number of carbonyl (C=O) groups excluding carboxylic acids is 1. The second kappa shape index (κ2) is 9.40. The second-order valence-electron chi connectivity index (χ2n) is 5.73. The predicted octanol–water partition coefficient (Wildman–Crippen LogP) is 3.36. The number of nitrogens with zero attached hydrogens (tertiary/aromatic N) is 1. The molecular formula is C17H29NO3. The standard InChI is InChI=1S/C10H13NO.C5H10O2.C2H6/c1-11-6-5-9-8(7-11)3-2-4-10(9)12;1-5(2,3)7-4-6;1-2/h2-4,12H,5-7H2,1H3;4H,1-3H3;1-2H3. The summed E-state index contributed by atoms with van der Waals surface area (Å²) in [4.78, 5) is 11.9. The molecule has 0 saturated carbocycles. The minimum absolute atomic E-state index is 0.318. The number of hydrogen-bond acceptors (Lipinski definition) is 4. The van der Waals surface area contributed by atoms with Crippen molar-refractivity contribution in [1.82, 2.24) is 4.90 Å². The van der Waals surface area contributed by atoms with Crippen LogP contribution in [-0.4, -0.2) is 35.7 Å². The minimum atomic E-state index is -0.318. The van der Waals surface area contributed by atoms with Crippen molar-refractivity contribution in [3.63, 3.8) is 0 Å². The maximum atomic E-state index is 9.60. The van der Waals surface area contributed by atoms with Gasteiger partial charge in [-0.2, -0.15) is 0 Å². The molecule has 0 bridgehead atoms. The molecule has 2 rings (SSSR count). The van der Waals surface area contributed by atoms with Gasteiger partial charge in [0.15, 0.2) is 0 Å². The molecule has 120 valence electrons. The fraction of sp³-hybridized carbons (Fsp3) is 0.588. The van der Waals surface area contributed by atoms with E-state index in [1.165, 1.54) is 5.56 Å². The van der Waals surface area contributed by atoms with E-state index in [0.717, 1.165) is 25.1 Å². The van der Waals surface area contributed by atoms with Crippen LogP contribution in [0.5, 0.6) is 5.75 Å². The number of rotatable bonds is 1. The Kier molecular flexibility index (Phi) is 8.70. The molecule has 1 N–H and O–H groups in total. The van der Waals surface area contributed by atoms with Gasteiger partial charge in [0.05, 0.1) is 0 Å². The van der Waals surface area contributed by atoms with Gasteiger partial charge in [-0.3, -0.25) is 4.79 Å². The molecule has 1 aromatic carbocycles. The minimum Gasteiger partial charge on any atom is -0.508 e. The molecule has 0 saturated heterocycles. The monoisotopic (exact) mass is 295 g/mol. The Balaban J connectivity index is 0.000000385. The molecule has 0 unspecified atom stereocenters. The summed E-state index contributed by atoms with van der Waals surface area (Å²) in [7, 11) is 2.10. The maximum absolute atomic E-state index is 9.60. The van der Waals surface area contributed by atoms with Gasteiger partial charge in [0, 0.05) is 13.1 Å². The molecule has 1 aliphatic heterocycles. The highest BCUT2D eigenvalue weighted by Gasteiger charge is 2.14. The van der Waals surface area contributed by atoms with Gasteiger partial charge in [-0.05, 0) is 51.4 Å². The number of phenolic OH excluding ortho intramolecular Hbond substituents is 1. The van der Waals surface area contributed by atoms with Crippen molar-refractivity contribution in [1.29, 1.82) is 0 Å². The molecule has 0 aliphatic carbocycles. The summed E-state index contributed by atoms with van der Waals surface area (Å²) >= 11 is 0. The molecular weight excluding hydrogens is 266 g/mol. The van der Waals surface area contributed by atoms with Crippen LogP contribution in [0.3, 0.4) is 0 Å². The van der Waals surface area contributed by atoms with E-state index in [2.05, 4.69) is 22.8 Å². The largest absolute Gasteiger partial charge is 0.508 e. The van der Waals surface area contributed by atoms with Crippen LogP contribution in [0.25, 0.3) is 0 Å². The smallest absolute Gasteiger partial charge is 0.293 e. The van der Waals surface area contributed by atoms with E-state index in [1.807, 2.05) is 40.7 Å². The van der Waals surface area contributed by atoms with E-state index >= 15 is 0 Å². The fourth-order valence-corrected chi connectivity index (χ4v) is 1.87. The number of ether oxygens (including phenoxy) is 1. The first-order chi connectivity index (χ1) is 9.83. The van der Waals surface area contributed by atoms with E-state index in [1.54, 1.807) is 6.07 Å². The molecule has 0 spiro atoms. The van der Waals surface area contributed by atoms with Gasteiger partial charge in [0.2, 0.25) is 0 Å². The molecule has 0 fully saturated rings. The number of benzene rings is 1. The van der Waals surface area contributed by atoms with Crippen molar-refractivity contribution < 1.29 is 14.6 Å². The average Bonchev–Trinajstić information content (AvgIpc) is 2.40. The Bertz CT molecular complexity index is 425. The first kappa shape index (κ1) is 19.4. The van der Waals surface area contributed by atoms with Gasteiger partial charge in [0.25, 0.3) is 6.47 Å². The van der Waals surface area contributed by atoms with E-state index in [4.69, 9.17) is 0 Å². The van der Waals surface area contributed by atoms with E-state index in [-0.39, 0.29) is 5.60 Å². The van der Waals surface area contributed by atoms with Gasteiger partial charge in [-0.25, -0.2) is 0 Å². The van der Waals surface area contributed by atoms with Crippen molar-refractivity contribution in [2.75, 3.05) is 13.6 Å². The van der Waals surface area contributed by atoms with Crippen LogP contribution in [0, 0.1) is 0 Å². The summed E-state index contributed by atoms with van der Waals surface area (Å²) in [6.45, 7) is 11.9. The zero-order valence-electron chi connectivity index (χ0n) is 14.1. The SMILES string of the molecule is CC.CC(C)(C)OC=O.CN1CCc2c(O)cccc2C1. The Morgan fingerprint density at radius 3 is 2.38 bits per heavy atom. The van der Waals surface area contributed by atoms with Crippen molar-refractivity contribution in [3.05, 3.63) is 29.3 Å². The number of likely N-dealkylation sites (N-methyl/N-ethyl adjacent to an activating group) is 1. The predicted molar refractivity (Wildman–Crippen MR) is 86.4 cm³/mol. The third kappa shape index (κ3) is 7.71. The number of aromatic hydroxyl groups is 1. The lowest BCUT2D eigenvalue weighted by Crippen LogP contribution is -2.26. The second-order valence-corrected chi connectivity index (χ2v) is 5.73. The molecule has 0 atom stereocenters. The first-order valence-corrected chi connectivity index (χ1v) is 7.43. The zero-order valence-corrected chi connectivity index (χ0v) is 14.1. The summed E-state index contributed by atoms with van der Waals surface area (Å²) in [6, 6.07) is 5.77. The third-order valence-corrected chi connectivity index (χ3v) is 2.83. The van der Waals surface area contributed by atoms with Crippen molar-refractivity contribution >= 4 is 6.47 Å². The fourth-order valence-electron chi connectivity index (χ4n) is 1.87. The molecule has 1 heterocycles. The topological polar surface area (TPSA) is 49.8 Å². The summed E-state index contributed by atoms with van der Waals surface area (Å²) in [6.07, 6.45) is 0.971. The van der Waals surface area contributed by atoms with Crippen molar-refractivity contribution in [3.8, 4) is 5.75 Å². The molecule has 1 aliphatic rings. The van der Waals surface area contributed by atoms with Gasteiger partial charge >= 0.3 is 0 Å². The number of carbonyl (C=O) groups is 1. The van der Waals surface area contributed by atoms with Gasteiger partial charge < -0.3 is 14.7 Å². The van der Waals surface area contributed by atoms with E-state index in [9.17, 15) is 9.90 Å². The van der Waals surface area contributed by atoms with Gasteiger partial charge in [-0.15, -0.1) is 0 Å². The lowest BCUT2D eigenvalue weighted by Gasteiger charge is -2.25. The normalized spacial score (nSPS) is 13.8. The summed E-state index contributed by atoms with van der Waals surface area (Å²) in [5, 5.41) is 9.52. The van der Waals surface area contributed by atoms with Crippen molar-refractivity contribution in [2.45, 2.75) is 53.2 Å². The lowest BCUT2D eigenvalue weighted by atomic mass is 9.99. The number of fused-ring (bicyclic) bond motifs is 1. The van der Waals surface area contributed by atoms with Crippen LogP contribution in [0.4, 0.5) is 0 Å². The summed E-state index contributed by atoms with van der Waals surface area (Å²) in [5.41, 5.74) is 2.08. The lowest BCUT2D eigenvalue weighted by molar-refractivity contribution is -0.138. The molecule has 21 heavy (non-hydrogen) atoms. The van der Waals surface area contributed by atoms with Crippen LogP contribution in [0.15, 0.2) is 18.2 Å². The van der Waals surface area contributed by atoms with Gasteiger partial charge in [-0.1, -0.05) is 26.0 Å². The highest BCUT2D eigenvalue weighted by atomic mass is 16.5. The van der Waals surface area contributed by atoms with Crippen LogP contribution >= 0.6 is 0 Å². The zero-order chi connectivity index (χ0) is 16.5. The molecule has 4 heteroatoms. The van der Waals surface area contributed by atoms with Crippen LogP contribution in [-0.2, 0) is 22.5 Å². The molecule has 0 amide bonds. The number of hydrogen-bond donors (Lipinski definition) is 1. The Morgan fingerprint density at radius 2 is 1.90 bits per heavy atom. The third-order valence-electron chi connectivity index (χ3n) is 2.83. The molecule has 0 aromatic heterocycles. The average molecular weight is 295 g/mol. The first-order valence-electron chi connectivity index (χ1n) is 7.43. The van der Waals surface area contributed by atoms with Crippen LogP contribution < -0.4 is 0 Å². The maximum Gasteiger partial charge on any atom is 0.293 e. The Morgan fingerprint density at radius 1 is 1.29 bits per heavy atom. The highest BCUT2D eigenvalue weighted by Crippen LogP contribution is 2.25. The Hall–Kier alpha value is -1.55. The summed E-state index contributed by atoms with van der Waals surface area (Å²) in [5.74, 6) is 0.459.